The third kappa shape index (κ3) is 4.00. The molecule has 3 rings (SSSR count). The Labute approximate surface area is 152 Å². The lowest BCUT2D eigenvalue weighted by Gasteiger charge is -2.13. The highest BCUT2D eigenvalue weighted by molar-refractivity contribution is 6.32. The fourth-order valence-electron chi connectivity index (χ4n) is 2.50. The molecular formula is C19H19ClN4O. The number of ether oxygens (including phenoxy) is 1. The molecule has 0 aliphatic carbocycles. The van der Waals surface area contributed by atoms with Gasteiger partial charge in [0.05, 0.1) is 12.1 Å². The van der Waals surface area contributed by atoms with Gasteiger partial charge in [-0.1, -0.05) is 29.8 Å². The van der Waals surface area contributed by atoms with Crippen molar-refractivity contribution in [2.75, 3.05) is 17.7 Å². The summed E-state index contributed by atoms with van der Waals surface area (Å²) >= 11 is 6.15. The molecule has 3 aromatic rings. The van der Waals surface area contributed by atoms with Gasteiger partial charge in [0.1, 0.15) is 11.6 Å². The first kappa shape index (κ1) is 17.0. The first-order chi connectivity index (χ1) is 12.1. The van der Waals surface area contributed by atoms with Crippen LogP contribution in [0.15, 0.2) is 48.7 Å². The van der Waals surface area contributed by atoms with E-state index < -0.39 is 0 Å². The molecule has 128 valence electrons. The zero-order valence-corrected chi connectivity index (χ0v) is 15.1. The molecule has 5 nitrogen and oxygen atoms in total. The highest BCUT2D eigenvalue weighted by Crippen LogP contribution is 2.28. The maximum atomic E-state index is 6.15. The first-order valence-corrected chi connectivity index (χ1v) is 8.21. The van der Waals surface area contributed by atoms with Gasteiger partial charge in [0.15, 0.2) is 0 Å². The van der Waals surface area contributed by atoms with Crippen LogP contribution in [0.1, 0.15) is 11.1 Å². The zero-order valence-electron chi connectivity index (χ0n) is 14.3. The third-order valence-corrected chi connectivity index (χ3v) is 4.09. The second kappa shape index (κ2) is 7.40. The van der Waals surface area contributed by atoms with E-state index in [1.165, 1.54) is 0 Å². The van der Waals surface area contributed by atoms with Crippen LogP contribution in [0.25, 0.3) is 0 Å². The number of aryl methyl sites for hydroxylation is 2. The Balaban J connectivity index is 1.81. The van der Waals surface area contributed by atoms with Crippen molar-refractivity contribution in [3.05, 3.63) is 64.8 Å². The van der Waals surface area contributed by atoms with Crippen LogP contribution in [0.4, 0.5) is 23.1 Å². The van der Waals surface area contributed by atoms with E-state index in [0.717, 1.165) is 28.3 Å². The van der Waals surface area contributed by atoms with Crippen molar-refractivity contribution in [3.63, 3.8) is 0 Å². The van der Waals surface area contributed by atoms with Crippen molar-refractivity contribution < 1.29 is 4.74 Å². The predicted molar refractivity (Wildman–Crippen MR) is 103 cm³/mol. The van der Waals surface area contributed by atoms with Crippen LogP contribution >= 0.6 is 11.6 Å². The van der Waals surface area contributed by atoms with E-state index >= 15 is 0 Å². The Morgan fingerprint density at radius 1 is 1.00 bits per heavy atom. The molecule has 0 bridgehead atoms. The molecule has 0 aliphatic rings. The van der Waals surface area contributed by atoms with Gasteiger partial charge in [0.25, 0.3) is 0 Å². The van der Waals surface area contributed by atoms with E-state index in [2.05, 4.69) is 46.6 Å². The van der Waals surface area contributed by atoms with Crippen molar-refractivity contribution in [3.8, 4) is 5.75 Å². The van der Waals surface area contributed by atoms with Crippen LogP contribution < -0.4 is 15.4 Å². The molecule has 0 saturated carbocycles. The summed E-state index contributed by atoms with van der Waals surface area (Å²) in [6.45, 7) is 4.13. The van der Waals surface area contributed by atoms with Crippen LogP contribution in [0.3, 0.4) is 0 Å². The van der Waals surface area contributed by atoms with E-state index in [1.54, 1.807) is 25.4 Å². The first-order valence-electron chi connectivity index (χ1n) is 7.83. The smallest absolute Gasteiger partial charge is 0.229 e. The summed E-state index contributed by atoms with van der Waals surface area (Å²) in [5.74, 6) is 1.82. The Morgan fingerprint density at radius 2 is 1.76 bits per heavy atom. The number of halogens is 1. The number of benzene rings is 2. The maximum Gasteiger partial charge on any atom is 0.229 e. The quantitative estimate of drug-likeness (QED) is 0.656. The van der Waals surface area contributed by atoms with Crippen molar-refractivity contribution in [1.82, 2.24) is 9.97 Å². The highest BCUT2D eigenvalue weighted by Gasteiger charge is 2.06. The molecule has 2 aromatic carbocycles. The topological polar surface area (TPSA) is 59.1 Å². The lowest BCUT2D eigenvalue weighted by molar-refractivity contribution is 0.415. The molecule has 0 unspecified atom stereocenters. The summed E-state index contributed by atoms with van der Waals surface area (Å²) in [5.41, 5.74) is 4.17. The Bertz CT molecular complexity index is 878. The molecule has 1 heterocycles. The van der Waals surface area contributed by atoms with Gasteiger partial charge in [0.2, 0.25) is 5.95 Å². The molecule has 0 amide bonds. The van der Waals surface area contributed by atoms with Crippen LogP contribution in [0, 0.1) is 13.8 Å². The number of anilines is 4. The highest BCUT2D eigenvalue weighted by atomic mass is 35.5. The molecule has 1 aromatic heterocycles. The van der Waals surface area contributed by atoms with Gasteiger partial charge in [-0.25, -0.2) is 4.98 Å². The zero-order chi connectivity index (χ0) is 17.8. The number of nitrogens with one attached hydrogen (secondary N) is 2. The monoisotopic (exact) mass is 354 g/mol. The number of hydrogen-bond donors (Lipinski definition) is 2. The maximum absolute atomic E-state index is 6.15. The molecule has 0 atom stereocenters. The van der Waals surface area contributed by atoms with E-state index in [1.807, 2.05) is 18.2 Å². The minimum atomic E-state index is 0.484. The molecule has 0 aliphatic heterocycles. The average molecular weight is 355 g/mol. The summed E-state index contributed by atoms with van der Waals surface area (Å²) in [7, 11) is 1.58. The summed E-state index contributed by atoms with van der Waals surface area (Å²) in [4.78, 5) is 8.77. The molecule has 6 heteroatoms. The predicted octanol–water partition coefficient (Wildman–Crippen LogP) is 5.24. The Kier molecular flexibility index (Phi) is 5.05. The molecule has 2 N–H and O–H groups in total. The van der Waals surface area contributed by atoms with E-state index in [0.29, 0.717) is 16.7 Å². The van der Waals surface area contributed by atoms with Gasteiger partial charge >= 0.3 is 0 Å². The van der Waals surface area contributed by atoms with Gasteiger partial charge in [0, 0.05) is 17.6 Å². The van der Waals surface area contributed by atoms with Crippen molar-refractivity contribution >= 4 is 34.7 Å². The normalized spacial score (nSPS) is 10.4. The molecule has 0 spiro atoms. The van der Waals surface area contributed by atoms with Crippen molar-refractivity contribution in [2.24, 2.45) is 0 Å². The van der Waals surface area contributed by atoms with Gasteiger partial charge in [-0.15, -0.1) is 0 Å². The van der Waals surface area contributed by atoms with Crippen LogP contribution in [0.2, 0.25) is 5.02 Å². The number of para-hydroxylation sites is 1. The van der Waals surface area contributed by atoms with E-state index in [4.69, 9.17) is 16.3 Å². The Hall–Kier alpha value is -2.79. The minimum Gasteiger partial charge on any atom is -0.495 e. The van der Waals surface area contributed by atoms with Gasteiger partial charge in [-0.3, -0.25) is 0 Å². The molecule has 25 heavy (non-hydrogen) atoms. The largest absolute Gasteiger partial charge is 0.495 e. The van der Waals surface area contributed by atoms with Crippen LogP contribution in [0.5, 0.6) is 5.75 Å². The molecule has 0 fully saturated rings. The second-order valence-corrected chi connectivity index (χ2v) is 6.04. The molecule has 0 saturated heterocycles. The van der Waals surface area contributed by atoms with Crippen LogP contribution in [-0.4, -0.2) is 17.1 Å². The minimum absolute atomic E-state index is 0.484. The summed E-state index contributed by atoms with van der Waals surface area (Å²) in [5, 5.41) is 7.03. The van der Waals surface area contributed by atoms with E-state index in [9.17, 15) is 0 Å². The van der Waals surface area contributed by atoms with Crippen LogP contribution in [-0.2, 0) is 0 Å². The number of methoxy groups -OCH3 is 1. The van der Waals surface area contributed by atoms with E-state index in [-0.39, 0.29) is 0 Å². The second-order valence-electron chi connectivity index (χ2n) is 5.63. The van der Waals surface area contributed by atoms with Crippen molar-refractivity contribution in [1.29, 1.82) is 0 Å². The molecular weight excluding hydrogens is 336 g/mol. The number of rotatable bonds is 5. The Morgan fingerprint density at radius 3 is 2.44 bits per heavy atom. The SMILES string of the molecule is COc1ccc(Nc2nccc(Nc3c(C)cccc3C)n2)cc1Cl. The third-order valence-electron chi connectivity index (χ3n) is 3.80. The number of nitrogens with zero attached hydrogens (tertiary/aromatic N) is 2. The average Bonchev–Trinajstić information content (AvgIpc) is 2.59. The van der Waals surface area contributed by atoms with Crippen molar-refractivity contribution in [2.45, 2.75) is 13.8 Å². The standard InChI is InChI=1S/C19H19ClN4O/c1-12-5-4-6-13(2)18(12)23-17-9-10-21-19(24-17)22-14-7-8-16(25-3)15(20)11-14/h4-11H,1-3H3,(H2,21,22,23,24). The van der Waals surface area contributed by atoms with Gasteiger partial charge in [-0.05, 0) is 49.2 Å². The fourth-order valence-corrected chi connectivity index (χ4v) is 2.76. The number of aromatic nitrogens is 2. The van der Waals surface area contributed by atoms with Gasteiger partial charge in [-0.2, -0.15) is 4.98 Å². The molecule has 0 radical (unpaired) electrons. The summed E-state index contributed by atoms with van der Waals surface area (Å²) in [6, 6.07) is 13.4. The lowest BCUT2D eigenvalue weighted by atomic mass is 10.1. The lowest BCUT2D eigenvalue weighted by Crippen LogP contribution is -2.02. The summed E-state index contributed by atoms with van der Waals surface area (Å²) < 4.78 is 5.16. The number of hydrogen-bond acceptors (Lipinski definition) is 5. The summed E-state index contributed by atoms with van der Waals surface area (Å²) in [6.07, 6.45) is 1.70. The van der Waals surface area contributed by atoms with Gasteiger partial charge < -0.3 is 15.4 Å². The fraction of sp³-hybridized carbons (Fsp3) is 0.158.